The number of nitrogens with zero attached hydrogens (tertiary/aromatic N) is 3. The fourth-order valence-electron chi connectivity index (χ4n) is 2.52. The highest BCUT2D eigenvalue weighted by Crippen LogP contribution is 2.26. The fraction of sp³-hybridized carbons (Fsp3) is 0.250. The molecule has 154 valence electrons. The molecule has 0 spiro atoms. The van der Waals surface area contributed by atoms with Crippen LogP contribution in [0.25, 0.3) is 0 Å². The molecule has 0 radical (unpaired) electrons. The Labute approximate surface area is 175 Å². The van der Waals surface area contributed by atoms with Crippen molar-refractivity contribution in [2.45, 2.75) is 13.0 Å². The number of anilines is 3. The molecular formula is C20H23ClFN5O2. The highest BCUT2D eigenvalue weighted by molar-refractivity contribution is 5.85. The topological polar surface area (TPSA) is 81.2 Å². The minimum atomic E-state index is -0.266. The maximum absolute atomic E-state index is 13.2. The van der Waals surface area contributed by atoms with Crippen LogP contribution in [0.3, 0.4) is 0 Å². The first-order chi connectivity index (χ1) is 13.6. The van der Waals surface area contributed by atoms with Crippen molar-refractivity contribution >= 4 is 29.9 Å². The second kappa shape index (κ2) is 11.1. The van der Waals surface area contributed by atoms with Gasteiger partial charge < -0.3 is 20.1 Å². The number of benzene rings is 1. The minimum absolute atomic E-state index is 0. The van der Waals surface area contributed by atoms with Gasteiger partial charge in [-0.15, -0.1) is 12.4 Å². The van der Waals surface area contributed by atoms with E-state index in [-0.39, 0.29) is 24.3 Å². The van der Waals surface area contributed by atoms with Crippen molar-refractivity contribution < 1.29 is 13.9 Å². The second-order valence-corrected chi connectivity index (χ2v) is 6.05. The lowest BCUT2D eigenvalue weighted by molar-refractivity contribution is 0.146. The Morgan fingerprint density at radius 3 is 2.48 bits per heavy atom. The van der Waals surface area contributed by atoms with Crippen LogP contribution in [0.4, 0.5) is 21.8 Å². The summed E-state index contributed by atoms with van der Waals surface area (Å²) in [6.07, 6.45) is 4.80. The molecule has 29 heavy (non-hydrogen) atoms. The number of rotatable bonds is 9. The lowest BCUT2D eigenvalue weighted by atomic mass is 10.1. The third-order valence-corrected chi connectivity index (χ3v) is 3.91. The maximum atomic E-state index is 13.2. The molecule has 3 aromatic rings. The van der Waals surface area contributed by atoms with Gasteiger partial charge in [0, 0.05) is 37.7 Å². The van der Waals surface area contributed by atoms with Gasteiger partial charge in [-0.05, 0) is 24.6 Å². The van der Waals surface area contributed by atoms with Crippen molar-refractivity contribution in [1.29, 1.82) is 0 Å². The van der Waals surface area contributed by atoms with E-state index in [2.05, 4.69) is 25.6 Å². The third kappa shape index (κ3) is 6.85. The lowest BCUT2D eigenvalue weighted by Crippen LogP contribution is -2.10. The molecule has 9 heteroatoms. The molecule has 0 saturated carbocycles. The predicted octanol–water partition coefficient (Wildman–Crippen LogP) is 4.37. The number of halogens is 2. The van der Waals surface area contributed by atoms with Gasteiger partial charge in [0.05, 0.1) is 12.8 Å². The highest BCUT2D eigenvalue weighted by Gasteiger charge is 2.10. The van der Waals surface area contributed by atoms with E-state index in [1.54, 1.807) is 50.0 Å². The number of methoxy groups -OCH3 is 1. The van der Waals surface area contributed by atoms with Gasteiger partial charge in [0.1, 0.15) is 35.6 Å². The van der Waals surface area contributed by atoms with E-state index in [4.69, 9.17) is 9.47 Å². The highest BCUT2D eigenvalue weighted by atomic mass is 35.5. The third-order valence-electron chi connectivity index (χ3n) is 3.91. The molecule has 0 amide bonds. The summed E-state index contributed by atoms with van der Waals surface area (Å²) in [5.74, 6) is 2.11. The second-order valence-electron chi connectivity index (χ2n) is 6.05. The van der Waals surface area contributed by atoms with E-state index in [1.165, 1.54) is 12.1 Å². The molecule has 0 bridgehead atoms. The summed E-state index contributed by atoms with van der Waals surface area (Å²) >= 11 is 0. The van der Waals surface area contributed by atoms with Crippen molar-refractivity contribution in [2.24, 2.45) is 0 Å². The molecule has 2 N–H and O–H groups in total. The van der Waals surface area contributed by atoms with E-state index >= 15 is 0 Å². The molecule has 2 aromatic heterocycles. The van der Waals surface area contributed by atoms with E-state index in [0.717, 1.165) is 5.56 Å². The van der Waals surface area contributed by atoms with Crippen molar-refractivity contribution in [1.82, 2.24) is 15.0 Å². The van der Waals surface area contributed by atoms with Gasteiger partial charge in [0.15, 0.2) is 0 Å². The first-order valence-corrected chi connectivity index (χ1v) is 8.83. The lowest BCUT2D eigenvalue weighted by Gasteiger charge is -2.17. The van der Waals surface area contributed by atoms with Crippen LogP contribution >= 0.6 is 12.4 Å². The number of pyridine rings is 1. The smallest absolute Gasteiger partial charge is 0.150 e. The summed E-state index contributed by atoms with van der Waals surface area (Å²) in [5.41, 5.74) is 0.942. The molecule has 1 atom stereocenters. The van der Waals surface area contributed by atoms with Crippen LogP contribution in [-0.4, -0.2) is 35.3 Å². The summed E-state index contributed by atoms with van der Waals surface area (Å²) < 4.78 is 23.9. The molecule has 0 aliphatic heterocycles. The number of nitrogens with one attached hydrogen (secondary N) is 2. The van der Waals surface area contributed by atoms with E-state index in [0.29, 0.717) is 36.4 Å². The van der Waals surface area contributed by atoms with Gasteiger partial charge in [-0.2, -0.15) is 0 Å². The zero-order valence-electron chi connectivity index (χ0n) is 16.1. The van der Waals surface area contributed by atoms with Gasteiger partial charge in [-0.1, -0.05) is 12.1 Å². The summed E-state index contributed by atoms with van der Waals surface area (Å²) in [6, 6.07) is 9.86. The molecule has 7 nitrogen and oxygen atoms in total. The zero-order chi connectivity index (χ0) is 19.8. The molecule has 0 fully saturated rings. The van der Waals surface area contributed by atoms with Gasteiger partial charge in [-0.3, -0.25) is 4.98 Å². The largest absolute Gasteiger partial charge is 0.491 e. The van der Waals surface area contributed by atoms with Crippen molar-refractivity contribution in [3.05, 3.63) is 66.4 Å². The van der Waals surface area contributed by atoms with Gasteiger partial charge in [0.25, 0.3) is 0 Å². The summed E-state index contributed by atoms with van der Waals surface area (Å²) in [6.45, 7) is 2.87. The summed E-state index contributed by atoms with van der Waals surface area (Å²) in [5, 5.41) is 6.42. The average Bonchev–Trinajstić information content (AvgIpc) is 2.69. The Morgan fingerprint density at radius 1 is 1.03 bits per heavy atom. The van der Waals surface area contributed by atoms with Crippen LogP contribution in [0, 0.1) is 5.82 Å². The fourth-order valence-corrected chi connectivity index (χ4v) is 2.52. The summed E-state index contributed by atoms with van der Waals surface area (Å²) in [4.78, 5) is 12.8. The molecule has 1 aromatic carbocycles. The average molecular weight is 420 g/mol. The SMILES string of the molecule is COCCOc1cc(Nc2cnccn2)nc(N[C@@H](C)c2ccc(F)cc2)c1.Cl. The number of hydrogen-bond donors (Lipinski definition) is 2. The standard InChI is InChI=1S/C20H22FN5O2.ClH/c1-14(15-3-5-16(21)6-4-15)24-18-11-17(28-10-9-27-2)12-19(25-18)26-20-13-22-7-8-23-20;/h3-8,11-14H,9-10H2,1-2H3,(H2,23,24,25,26);1H/t14-;/m0./s1. The van der Waals surface area contributed by atoms with Gasteiger partial charge in [0.2, 0.25) is 0 Å². The first kappa shape index (κ1) is 22.3. The molecule has 2 heterocycles. The van der Waals surface area contributed by atoms with Crippen LogP contribution in [0.2, 0.25) is 0 Å². The zero-order valence-corrected chi connectivity index (χ0v) is 16.9. The Hall–Kier alpha value is -2.97. The minimum Gasteiger partial charge on any atom is -0.491 e. The van der Waals surface area contributed by atoms with Crippen LogP contribution in [0.5, 0.6) is 5.75 Å². The molecular weight excluding hydrogens is 397 g/mol. The normalized spacial score (nSPS) is 11.3. The molecule has 0 unspecified atom stereocenters. The van der Waals surface area contributed by atoms with Crippen molar-refractivity contribution in [3.8, 4) is 5.75 Å². The number of hydrogen-bond acceptors (Lipinski definition) is 7. The van der Waals surface area contributed by atoms with Crippen molar-refractivity contribution in [2.75, 3.05) is 31.0 Å². The summed E-state index contributed by atoms with van der Waals surface area (Å²) in [7, 11) is 1.62. The van der Waals surface area contributed by atoms with E-state index < -0.39 is 0 Å². The Balaban J connectivity index is 0.00000300. The Kier molecular flexibility index (Phi) is 8.57. The maximum Gasteiger partial charge on any atom is 0.150 e. The molecule has 3 rings (SSSR count). The monoisotopic (exact) mass is 419 g/mol. The predicted molar refractivity (Wildman–Crippen MR) is 113 cm³/mol. The van der Waals surface area contributed by atoms with Crippen LogP contribution in [0.1, 0.15) is 18.5 Å². The molecule has 0 aliphatic rings. The van der Waals surface area contributed by atoms with E-state index in [9.17, 15) is 4.39 Å². The molecule has 0 aliphatic carbocycles. The van der Waals surface area contributed by atoms with Gasteiger partial charge >= 0.3 is 0 Å². The van der Waals surface area contributed by atoms with Crippen LogP contribution in [0.15, 0.2) is 55.0 Å². The van der Waals surface area contributed by atoms with Crippen molar-refractivity contribution in [3.63, 3.8) is 0 Å². The Morgan fingerprint density at radius 2 is 1.79 bits per heavy atom. The molecule has 0 saturated heterocycles. The van der Waals surface area contributed by atoms with Crippen LogP contribution < -0.4 is 15.4 Å². The Bertz CT molecular complexity index is 884. The quantitative estimate of drug-likeness (QED) is 0.498. The first-order valence-electron chi connectivity index (χ1n) is 8.83. The number of aromatic nitrogens is 3. The van der Waals surface area contributed by atoms with Gasteiger partial charge in [-0.25, -0.2) is 14.4 Å². The van der Waals surface area contributed by atoms with Crippen LogP contribution in [-0.2, 0) is 4.74 Å². The number of ether oxygens (including phenoxy) is 2. The van der Waals surface area contributed by atoms with E-state index in [1.807, 2.05) is 6.92 Å².